The molecule has 0 aromatic carbocycles. The molecule has 0 rings (SSSR count). The van der Waals surface area contributed by atoms with E-state index in [-0.39, 0.29) is 11.9 Å². The van der Waals surface area contributed by atoms with E-state index >= 15 is 0 Å². The number of likely N-dealkylation sites (N-methyl/N-ethyl adjacent to an activating group) is 1. The van der Waals surface area contributed by atoms with Gasteiger partial charge < -0.3 is 4.90 Å². The lowest BCUT2D eigenvalue weighted by atomic mass is 10.3. The van der Waals surface area contributed by atoms with Crippen LogP contribution >= 0.6 is 0 Å². The van der Waals surface area contributed by atoms with Crippen LogP contribution in [0.1, 0.15) is 6.92 Å². The van der Waals surface area contributed by atoms with Gasteiger partial charge in [0, 0.05) is 14.1 Å². The zero-order valence-electron chi connectivity index (χ0n) is 6.01. The fourth-order valence-electron chi connectivity index (χ4n) is 0.459. The van der Waals surface area contributed by atoms with Crippen LogP contribution in [-0.4, -0.2) is 30.9 Å². The van der Waals surface area contributed by atoms with Crippen LogP contribution < -0.4 is 11.3 Å². The van der Waals surface area contributed by atoms with E-state index in [0.717, 1.165) is 0 Å². The predicted molar refractivity (Wildman–Crippen MR) is 35.5 cm³/mol. The Kier molecular flexibility index (Phi) is 3.19. The monoisotopic (exact) mass is 131 g/mol. The summed E-state index contributed by atoms with van der Waals surface area (Å²) < 4.78 is 0. The van der Waals surface area contributed by atoms with Crippen LogP contribution in [0.3, 0.4) is 0 Å². The molecule has 0 aliphatic heterocycles. The number of rotatable bonds is 2. The predicted octanol–water partition coefficient (Wildman–Crippen LogP) is -1.07. The van der Waals surface area contributed by atoms with Gasteiger partial charge in [-0.2, -0.15) is 0 Å². The van der Waals surface area contributed by atoms with Gasteiger partial charge in [-0.3, -0.25) is 10.6 Å². The van der Waals surface area contributed by atoms with Gasteiger partial charge in [0.05, 0.1) is 6.04 Å². The van der Waals surface area contributed by atoms with E-state index < -0.39 is 0 Å². The summed E-state index contributed by atoms with van der Waals surface area (Å²) in [5.74, 6) is 5.00. The van der Waals surface area contributed by atoms with E-state index in [1.807, 2.05) is 0 Å². The van der Waals surface area contributed by atoms with Crippen molar-refractivity contribution in [3.63, 3.8) is 0 Å². The number of amides is 1. The summed E-state index contributed by atoms with van der Waals surface area (Å²) in [5, 5.41) is 0. The number of carbonyl (C=O) groups excluding carboxylic acids is 1. The summed E-state index contributed by atoms with van der Waals surface area (Å²) in [6, 6.07) is -0.292. The summed E-state index contributed by atoms with van der Waals surface area (Å²) in [6.45, 7) is 1.71. The number of nitrogens with one attached hydrogen (secondary N) is 1. The van der Waals surface area contributed by atoms with Crippen molar-refractivity contribution < 1.29 is 4.79 Å². The van der Waals surface area contributed by atoms with Crippen molar-refractivity contribution >= 4 is 5.91 Å². The van der Waals surface area contributed by atoms with Crippen molar-refractivity contribution in [2.45, 2.75) is 13.0 Å². The molecule has 0 aromatic heterocycles. The zero-order valence-corrected chi connectivity index (χ0v) is 6.01. The molecule has 9 heavy (non-hydrogen) atoms. The molecule has 0 unspecified atom stereocenters. The molecule has 0 fully saturated rings. The molecule has 0 aromatic rings. The highest BCUT2D eigenvalue weighted by Crippen LogP contribution is 1.84. The normalized spacial score (nSPS) is 12.9. The number of hydrogen-bond donors (Lipinski definition) is 2. The third kappa shape index (κ3) is 2.43. The van der Waals surface area contributed by atoms with Gasteiger partial charge in [0.15, 0.2) is 0 Å². The van der Waals surface area contributed by atoms with Crippen molar-refractivity contribution in [2.24, 2.45) is 5.84 Å². The Morgan fingerprint density at radius 2 is 2.11 bits per heavy atom. The molecule has 0 saturated carbocycles. The molecule has 4 nitrogen and oxygen atoms in total. The first-order chi connectivity index (χ1) is 4.09. The Bertz CT molecular complexity index is 102. The summed E-state index contributed by atoms with van der Waals surface area (Å²) in [5.41, 5.74) is 2.35. The second-order valence-electron chi connectivity index (χ2n) is 2.12. The van der Waals surface area contributed by atoms with Crippen molar-refractivity contribution in [3.8, 4) is 0 Å². The lowest BCUT2D eigenvalue weighted by Gasteiger charge is -2.14. The largest absolute Gasteiger partial charge is 0.347 e. The van der Waals surface area contributed by atoms with Gasteiger partial charge in [0.2, 0.25) is 5.91 Å². The van der Waals surface area contributed by atoms with Crippen LogP contribution in [0.25, 0.3) is 0 Å². The highest BCUT2D eigenvalue weighted by atomic mass is 16.2. The van der Waals surface area contributed by atoms with E-state index in [4.69, 9.17) is 5.84 Å². The summed E-state index contributed by atoms with van der Waals surface area (Å²) in [7, 11) is 3.38. The lowest BCUT2D eigenvalue weighted by molar-refractivity contribution is -0.130. The first-order valence-corrected chi connectivity index (χ1v) is 2.77. The van der Waals surface area contributed by atoms with Crippen LogP contribution in [0.5, 0.6) is 0 Å². The van der Waals surface area contributed by atoms with E-state index in [9.17, 15) is 4.79 Å². The molecule has 1 amide bonds. The van der Waals surface area contributed by atoms with E-state index in [1.54, 1.807) is 21.0 Å². The van der Waals surface area contributed by atoms with Gasteiger partial charge in [-0.05, 0) is 6.92 Å². The summed E-state index contributed by atoms with van der Waals surface area (Å²) in [4.78, 5) is 12.3. The number of hydrazine groups is 1. The average molecular weight is 131 g/mol. The van der Waals surface area contributed by atoms with Gasteiger partial charge in [-0.25, -0.2) is 5.43 Å². The van der Waals surface area contributed by atoms with E-state index in [2.05, 4.69) is 5.43 Å². The first kappa shape index (κ1) is 8.39. The molecule has 0 aliphatic carbocycles. The van der Waals surface area contributed by atoms with Crippen molar-refractivity contribution in [1.82, 2.24) is 10.3 Å². The van der Waals surface area contributed by atoms with Crippen LogP contribution in [0.4, 0.5) is 0 Å². The Morgan fingerprint density at radius 1 is 1.67 bits per heavy atom. The quantitative estimate of drug-likeness (QED) is 0.370. The maximum atomic E-state index is 10.9. The topological polar surface area (TPSA) is 58.4 Å². The van der Waals surface area contributed by atoms with Gasteiger partial charge >= 0.3 is 0 Å². The molecular weight excluding hydrogens is 118 g/mol. The first-order valence-electron chi connectivity index (χ1n) is 2.77. The molecule has 3 N–H and O–H groups in total. The number of carbonyl (C=O) groups is 1. The minimum Gasteiger partial charge on any atom is -0.347 e. The highest BCUT2D eigenvalue weighted by molar-refractivity contribution is 5.80. The van der Waals surface area contributed by atoms with Crippen molar-refractivity contribution in [2.75, 3.05) is 14.1 Å². The zero-order chi connectivity index (χ0) is 7.44. The average Bonchev–Trinajstić information content (AvgIpc) is 1.84. The maximum absolute atomic E-state index is 10.9. The van der Waals surface area contributed by atoms with Gasteiger partial charge in [0.25, 0.3) is 0 Å². The highest BCUT2D eigenvalue weighted by Gasteiger charge is 2.11. The molecule has 0 aliphatic rings. The molecule has 4 heteroatoms. The van der Waals surface area contributed by atoms with Gasteiger partial charge in [-0.1, -0.05) is 0 Å². The number of hydrogen-bond acceptors (Lipinski definition) is 3. The SMILES string of the molecule is C[C@H](NN)C(=O)N(C)C. The van der Waals surface area contributed by atoms with Gasteiger partial charge in [0.1, 0.15) is 0 Å². The maximum Gasteiger partial charge on any atom is 0.240 e. The third-order valence-corrected chi connectivity index (χ3v) is 1.06. The molecule has 1 atom stereocenters. The van der Waals surface area contributed by atoms with Crippen LogP contribution in [0, 0.1) is 0 Å². The van der Waals surface area contributed by atoms with Crippen LogP contribution in [-0.2, 0) is 4.79 Å². The summed E-state index contributed by atoms with van der Waals surface area (Å²) >= 11 is 0. The molecule has 0 bridgehead atoms. The molecule has 54 valence electrons. The molecule has 0 radical (unpaired) electrons. The second kappa shape index (κ2) is 3.42. The Hall–Kier alpha value is -0.610. The van der Waals surface area contributed by atoms with Crippen molar-refractivity contribution in [3.05, 3.63) is 0 Å². The van der Waals surface area contributed by atoms with Crippen LogP contribution in [0.2, 0.25) is 0 Å². The van der Waals surface area contributed by atoms with Crippen LogP contribution in [0.15, 0.2) is 0 Å². The molecule has 0 heterocycles. The van der Waals surface area contributed by atoms with Crippen molar-refractivity contribution in [1.29, 1.82) is 0 Å². The molecular formula is C5H13N3O. The Labute approximate surface area is 55.0 Å². The second-order valence-corrected chi connectivity index (χ2v) is 2.12. The Morgan fingerprint density at radius 3 is 2.22 bits per heavy atom. The lowest BCUT2D eigenvalue weighted by Crippen LogP contribution is -2.44. The molecule has 0 spiro atoms. The third-order valence-electron chi connectivity index (χ3n) is 1.06. The summed E-state index contributed by atoms with van der Waals surface area (Å²) in [6.07, 6.45) is 0. The van der Waals surface area contributed by atoms with E-state index in [0.29, 0.717) is 0 Å². The number of nitrogens with two attached hydrogens (primary N) is 1. The fourth-order valence-corrected chi connectivity index (χ4v) is 0.459. The van der Waals surface area contributed by atoms with Gasteiger partial charge in [-0.15, -0.1) is 0 Å². The molecule has 0 saturated heterocycles. The Balaban J connectivity index is 3.73. The number of nitrogens with zero attached hydrogens (tertiary/aromatic N) is 1. The fraction of sp³-hybridized carbons (Fsp3) is 0.800. The smallest absolute Gasteiger partial charge is 0.240 e. The van der Waals surface area contributed by atoms with E-state index in [1.165, 1.54) is 4.90 Å². The minimum atomic E-state index is -0.292. The standard InChI is InChI=1S/C5H13N3O/c1-4(7-6)5(9)8(2)3/h4,7H,6H2,1-3H3/t4-/m0/s1. The minimum absolute atomic E-state index is 0.0162.